The number of hydrogen-bond donors (Lipinski definition) is 1. The molecule has 20 heavy (non-hydrogen) atoms. The number of carboxylic acid groups (broad SMARTS) is 1. The fourth-order valence-corrected chi connectivity index (χ4v) is 4.08. The number of likely N-dealkylation sites (tertiary alicyclic amines) is 1. The topological polar surface area (TPSA) is 40.5 Å². The molecule has 0 amide bonds. The maximum Gasteiger partial charge on any atom is 0.305 e. The van der Waals surface area contributed by atoms with Crippen LogP contribution in [0.15, 0.2) is 24.3 Å². The first kappa shape index (κ1) is 13.6. The number of benzene rings is 1. The van der Waals surface area contributed by atoms with Crippen LogP contribution in [-0.4, -0.2) is 29.1 Å². The van der Waals surface area contributed by atoms with Gasteiger partial charge >= 0.3 is 5.97 Å². The Kier molecular flexibility index (Phi) is 3.79. The van der Waals surface area contributed by atoms with E-state index >= 15 is 0 Å². The third-order valence-corrected chi connectivity index (χ3v) is 4.96. The number of nitrogens with zero attached hydrogens (tertiary/aromatic N) is 1. The van der Waals surface area contributed by atoms with Crippen LogP contribution in [0.3, 0.4) is 0 Å². The largest absolute Gasteiger partial charge is 0.481 e. The second-order valence-electron chi connectivity index (χ2n) is 6.16. The van der Waals surface area contributed by atoms with E-state index in [-0.39, 0.29) is 12.0 Å². The molecule has 1 aliphatic heterocycles. The highest BCUT2D eigenvalue weighted by Crippen LogP contribution is 2.43. The summed E-state index contributed by atoms with van der Waals surface area (Å²) in [7, 11) is 0. The molecule has 1 N–H and O–H groups in total. The number of carbonyl (C=O) groups is 1. The Balaban J connectivity index is 2.09. The molecule has 1 heterocycles. The Morgan fingerprint density at radius 1 is 1.15 bits per heavy atom. The van der Waals surface area contributed by atoms with Gasteiger partial charge in [0.05, 0.1) is 12.0 Å². The van der Waals surface area contributed by atoms with Crippen LogP contribution in [0.4, 0.5) is 0 Å². The van der Waals surface area contributed by atoms with Gasteiger partial charge in [0.25, 0.3) is 0 Å². The molecule has 108 valence electrons. The molecule has 1 aliphatic carbocycles. The molecule has 0 spiro atoms. The quantitative estimate of drug-likeness (QED) is 0.860. The van der Waals surface area contributed by atoms with Gasteiger partial charge < -0.3 is 5.11 Å². The van der Waals surface area contributed by atoms with Gasteiger partial charge in [0.1, 0.15) is 0 Å². The zero-order chi connectivity index (χ0) is 14.0. The molecule has 0 aromatic heterocycles. The van der Waals surface area contributed by atoms with Crippen LogP contribution in [0.1, 0.15) is 49.7 Å². The van der Waals surface area contributed by atoms with Gasteiger partial charge in [0.2, 0.25) is 0 Å². The number of aliphatic carboxylic acids is 1. The van der Waals surface area contributed by atoms with E-state index in [1.165, 1.54) is 30.4 Å². The van der Waals surface area contributed by atoms with Gasteiger partial charge in [-0.05, 0) is 56.3 Å². The first-order valence-corrected chi connectivity index (χ1v) is 7.78. The third kappa shape index (κ3) is 2.35. The fourth-order valence-electron chi connectivity index (χ4n) is 4.08. The minimum absolute atomic E-state index is 0.240. The fraction of sp³-hybridized carbons (Fsp3) is 0.588. The number of fused-ring (bicyclic) bond motifs is 1. The number of aryl methyl sites for hydroxylation is 1. The van der Waals surface area contributed by atoms with Gasteiger partial charge in [-0.25, -0.2) is 0 Å². The summed E-state index contributed by atoms with van der Waals surface area (Å²) in [6.07, 6.45) is 7.00. The molecule has 2 aliphatic rings. The summed E-state index contributed by atoms with van der Waals surface area (Å²) < 4.78 is 0. The Morgan fingerprint density at radius 3 is 2.65 bits per heavy atom. The Morgan fingerprint density at radius 2 is 1.90 bits per heavy atom. The van der Waals surface area contributed by atoms with Crippen LogP contribution in [-0.2, 0) is 16.8 Å². The molecular weight excluding hydrogens is 250 g/mol. The summed E-state index contributed by atoms with van der Waals surface area (Å²) in [6, 6.07) is 8.51. The van der Waals surface area contributed by atoms with Crippen LogP contribution in [0.2, 0.25) is 0 Å². The maximum absolute atomic E-state index is 11.5. The zero-order valence-electron chi connectivity index (χ0n) is 12.0. The Bertz CT molecular complexity index is 494. The van der Waals surface area contributed by atoms with Crippen LogP contribution >= 0.6 is 0 Å². The molecule has 0 saturated carbocycles. The molecule has 3 rings (SSSR count). The lowest BCUT2D eigenvalue weighted by Crippen LogP contribution is -2.46. The van der Waals surface area contributed by atoms with Crippen molar-refractivity contribution in [2.24, 2.45) is 0 Å². The minimum Gasteiger partial charge on any atom is -0.481 e. The van der Waals surface area contributed by atoms with Crippen molar-refractivity contribution >= 4 is 5.97 Å². The summed E-state index contributed by atoms with van der Waals surface area (Å²) in [5.74, 6) is -0.673. The number of rotatable bonds is 3. The van der Waals surface area contributed by atoms with Crippen molar-refractivity contribution < 1.29 is 9.90 Å². The average molecular weight is 273 g/mol. The van der Waals surface area contributed by atoms with Crippen LogP contribution < -0.4 is 0 Å². The molecule has 1 atom stereocenters. The van der Waals surface area contributed by atoms with Crippen molar-refractivity contribution in [3.8, 4) is 0 Å². The Labute approximate surface area is 120 Å². The monoisotopic (exact) mass is 273 g/mol. The van der Waals surface area contributed by atoms with E-state index < -0.39 is 5.97 Å². The van der Waals surface area contributed by atoms with Gasteiger partial charge in [-0.3, -0.25) is 9.69 Å². The summed E-state index contributed by atoms with van der Waals surface area (Å²) in [5.41, 5.74) is 2.37. The molecule has 1 fully saturated rings. The first-order chi connectivity index (χ1) is 9.72. The maximum atomic E-state index is 11.5. The summed E-state index contributed by atoms with van der Waals surface area (Å²) in [4.78, 5) is 14.0. The van der Waals surface area contributed by atoms with Crippen LogP contribution in [0.25, 0.3) is 0 Å². The minimum atomic E-state index is -0.673. The molecule has 1 saturated heterocycles. The van der Waals surface area contributed by atoms with E-state index in [2.05, 4.69) is 29.2 Å². The molecule has 1 aromatic carbocycles. The molecule has 0 radical (unpaired) electrons. The summed E-state index contributed by atoms with van der Waals surface area (Å²) in [6.45, 7) is 2.09. The van der Waals surface area contributed by atoms with Crippen molar-refractivity contribution in [1.82, 2.24) is 4.90 Å². The van der Waals surface area contributed by atoms with E-state index in [4.69, 9.17) is 0 Å². The average Bonchev–Trinajstić information content (AvgIpc) is 2.91. The van der Waals surface area contributed by atoms with Crippen LogP contribution in [0.5, 0.6) is 0 Å². The van der Waals surface area contributed by atoms with E-state index in [0.29, 0.717) is 0 Å². The highest BCUT2D eigenvalue weighted by molar-refractivity contribution is 5.69. The lowest BCUT2D eigenvalue weighted by atomic mass is 9.80. The van der Waals surface area contributed by atoms with Crippen molar-refractivity contribution in [3.05, 3.63) is 35.4 Å². The van der Waals surface area contributed by atoms with E-state index in [1.54, 1.807) is 0 Å². The van der Waals surface area contributed by atoms with Gasteiger partial charge in [0.15, 0.2) is 0 Å². The van der Waals surface area contributed by atoms with Crippen molar-refractivity contribution in [2.45, 2.75) is 50.5 Å². The third-order valence-electron chi connectivity index (χ3n) is 4.96. The zero-order valence-corrected chi connectivity index (χ0v) is 12.0. The second-order valence-corrected chi connectivity index (χ2v) is 6.16. The summed E-state index contributed by atoms with van der Waals surface area (Å²) in [5, 5.41) is 9.48. The smallest absolute Gasteiger partial charge is 0.305 e. The molecule has 3 nitrogen and oxygen atoms in total. The lowest BCUT2D eigenvalue weighted by molar-refractivity contribution is -0.140. The molecular formula is C17H23NO2. The van der Waals surface area contributed by atoms with E-state index in [0.717, 1.165) is 32.4 Å². The molecule has 0 bridgehead atoms. The van der Waals surface area contributed by atoms with Gasteiger partial charge in [0, 0.05) is 0 Å². The van der Waals surface area contributed by atoms with Gasteiger partial charge in [-0.15, -0.1) is 0 Å². The van der Waals surface area contributed by atoms with E-state index in [1.807, 2.05) is 0 Å². The predicted octanol–water partition coefficient (Wildman–Crippen LogP) is 3.18. The Hall–Kier alpha value is -1.35. The second kappa shape index (κ2) is 5.57. The number of hydrogen-bond acceptors (Lipinski definition) is 2. The standard InChI is InChI=1S/C17H23NO2/c19-16(20)13-17(18-11-5-6-12-18)10-4-3-8-14-7-1-2-9-15(14)17/h1-2,7,9H,3-6,8,10-13H2,(H,19,20). The molecule has 3 heteroatoms. The molecule has 1 aromatic rings. The van der Waals surface area contributed by atoms with Crippen LogP contribution in [0, 0.1) is 0 Å². The van der Waals surface area contributed by atoms with Crippen molar-refractivity contribution in [3.63, 3.8) is 0 Å². The normalized spacial score (nSPS) is 27.0. The van der Waals surface area contributed by atoms with Gasteiger partial charge in [-0.1, -0.05) is 30.7 Å². The predicted molar refractivity (Wildman–Crippen MR) is 78.7 cm³/mol. The van der Waals surface area contributed by atoms with Crippen molar-refractivity contribution in [2.75, 3.05) is 13.1 Å². The lowest BCUT2D eigenvalue weighted by Gasteiger charge is -2.42. The number of carboxylic acids is 1. The highest BCUT2D eigenvalue weighted by Gasteiger charge is 2.43. The molecule has 1 unspecified atom stereocenters. The highest BCUT2D eigenvalue weighted by atomic mass is 16.4. The van der Waals surface area contributed by atoms with E-state index in [9.17, 15) is 9.90 Å². The SMILES string of the molecule is O=C(O)CC1(N2CCCC2)CCCCc2ccccc21. The van der Waals surface area contributed by atoms with Crippen molar-refractivity contribution in [1.29, 1.82) is 0 Å². The summed E-state index contributed by atoms with van der Waals surface area (Å²) >= 11 is 0. The van der Waals surface area contributed by atoms with Gasteiger partial charge in [-0.2, -0.15) is 0 Å². The first-order valence-electron chi connectivity index (χ1n) is 7.78.